The minimum absolute atomic E-state index is 0.0495. The number of carbonyl (C=O) groups excluding carboxylic acids is 1. The second-order valence-electron chi connectivity index (χ2n) is 5.93. The summed E-state index contributed by atoms with van der Waals surface area (Å²) in [6.07, 6.45) is 5.52. The van der Waals surface area contributed by atoms with Crippen LogP contribution in [0.15, 0.2) is 48.8 Å². The zero-order valence-electron chi connectivity index (χ0n) is 14.0. The van der Waals surface area contributed by atoms with E-state index in [1.54, 1.807) is 12.4 Å². The molecule has 0 aliphatic rings. The zero-order valence-corrected chi connectivity index (χ0v) is 14.0. The molecule has 4 nitrogen and oxygen atoms in total. The second kappa shape index (κ2) is 7.21. The third-order valence-electron chi connectivity index (χ3n) is 3.98. The maximum Gasteiger partial charge on any atom is 0.252 e. The lowest BCUT2D eigenvalue weighted by Crippen LogP contribution is -2.24. The normalized spacial score (nSPS) is 10.8. The molecule has 0 aliphatic heterocycles. The van der Waals surface area contributed by atoms with Crippen LogP contribution < -0.4 is 5.32 Å². The zero-order chi connectivity index (χ0) is 16.9. The lowest BCUT2D eigenvalue weighted by Gasteiger charge is -2.11. The van der Waals surface area contributed by atoms with E-state index >= 15 is 0 Å². The van der Waals surface area contributed by atoms with E-state index < -0.39 is 0 Å². The van der Waals surface area contributed by atoms with Gasteiger partial charge < -0.3 is 5.32 Å². The highest BCUT2D eigenvalue weighted by atomic mass is 16.1. The van der Waals surface area contributed by atoms with E-state index in [2.05, 4.69) is 17.2 Å². The van der Waals surface area contributed by atoms with E-state index in [9.17, 15) is 4.79 Å². The Morgan fingerprint density at radius 1 is 1.21 bits per heavy atom. The van der Waals surface area contributed by atoms with Gasteiger partial charge in [0.05, 0.1) is 16.8 Å². The molecule has 0 spiro atoms. The molecule has 3 rings (SSSR count). The molecule has 2 aromatic heterocycles. The number of aromatic nitrogens is 2. The Balaban J connectivity index is 2.10. The molecule has 0 atom stereocenters. The Morgan fingerprint density at radius 3 is 2.83 bits per heavy atom. The summed E-state index contributed by atoms with van der Waals surface area (Å²) >= 11 is 0. The van der Waals surface area contributed by atoms with Gasteiger partial charge in [0.2, 0.25) is 0 Å². The monoisotopic (exact) mass is 319 g/mol. The van der Waals surface area contributed by atoms with Crippen LogP contribution in [0.4, 0.5) is 0 Å². The quantitative estimate of drug-likeness (QED) is 0.719. The first-order valence-electron chi connectivity index (χ1n) is 8.29. The van der Waals surface area contributed by atoms with Crippen LogP contribution in [-0.2, 0) is 0 Å². The van der Waals surface area contributed by atoms with Gasteiger partial charge in [0.1, 0.15) is 0 Å². The van der Waals surface area contributed by atoms with E-state index in [1.807, 2.05) is 43.3 Å². The Morgan fingerprint density at radius 2 is 2.08 bits per heavy atom. The number of carbonyl (C=O) groups is 1. The Bertz CT molecular complexity index is 859. The number of nitrogens with one attached hydrogen (secondary N) is 1. The number of rotatable bonds is 5. The van der Waals surface area contributed by atoms with Crippen molar-refractivity contribution in [2.45, 2.75) is 26.7 Å². The lowest BCUT2D eigenvalue weighted by molar-refractivity contribution is 0.0955. The van der Waals surface area contributed by atoms with Gasteiger partial charge in [0.25, 0.3) is 5.91 Å². The van der Waals surface area contributed by atoms with Crippen molar-refractivity contribution in [3.05, 3.63) is 59.9 Å². The third kappa shape index (κ3) is 3.43. The number of benzene rings is 1. The predicted octanol–water partition coefficient (Wildman–Crippen LogP) is 4.14. The van der Waals surface area contributed by atoms with Crippen molar-refractivity contribution in [3.63, 3.8) is 0 Å². The van der Waals surface area contributed by atoms with Crippen LogP contribution in [0.3, 0.4) is 0 Å². The number of unbranched alkanes of at least 4 members (excludes halogenated alkanes) is 1. The molecule has 4 heteroatoms. The Labute approximate surface area is 142 Å². The second-order valence-corrected chi connectivity index (χ2v) is 5.93. The van der Waals surface area contributed by atoms with Crippen LogP contribution in [0.1, 0.15) is 35.7 Å². The number of nitrogens with zero attached hydrogens (tertiary/aromatic N) is 2. The van der Waals surface area contributed by atoms with Gasteiger partial charge in [-0.2, -0.15) is 0 Å². The maximum absolute atomic E-state index is 12.7. The first-order valence-corrected chi connectivity index (χ1v) is 8.29. The van der Waals surface area contributed by atoms with Crippen LogP contribution in [0, 0.1) is 6.92 Å². The van der Waals surface area contributed by atoms with E-state index in [4.69, 9.17) is 4.98 Å². The molecular formula is C20H21N3O. The molecule has 2 heterocycles. The molecule has 0 aliphatic carbocycles. The van der Waals surface area contributed by atoms with Crippen LogP contribution >= 0.6 is 0 Å². The van der Waals surface area contributed by atoms with Crippen molar-refractivity contribution in [1.29, 1.82) is 0 Å². The van der Waals surface area contributed by atoms with Crippen molar-refractivity contribution in [3.8, 4) is 11.3 Å². The lowest BCUT2D eigenvalue weighted by atomic mass is 10.0. The molecular weight excluding hydrogens is 298 g/mol. The van der Waals surface area contributed by atoms with Crippen molar-refractivity contribution in [1.82, 2.24) is 15.3 Å². The molecule has 1 amide bonds. The molecule has 1 aromatic carbocycles. The molecule has 24 heavy (non-hydrogen) atoms. The Hall–Kier alpha value is -2.75. The highest BCUT2D eigenvalue weighted by Crippen LogP contribution is 2.25. The molecule has 0 fully saturated rings. The molecule has 0 unspecified atom stereocenters. The van der Waals surface area contributed by atoms with Gasteiger partial charge in [0.15, 0.2) is 0 Å². The largest absolute Gasteiger partial charge is 0.352 e. The highest BCUT2D eigenvalue weighted by Gasteiger charge is 2.14. The van der Waals surface area contributed by atoms with Gasteiger partial charge in [-0.1, -0.05) is 25.0 Å². The standard InChI is InChI=1S/C20H21N3O/c1-3-4-10-22-20(24)17-12-19(15-6-5-9-21-13-15)23-18-8-7-14(2)11-16(17)18/h5-9,11-13H,3-4,10H2,1-2H3,(H,22,24). The summed E-state index contributed by atoms with van der Waals surface area (Å²) in [4.78, 5) is 21.5. The van der Waals surface area contributed by atoms with Crippen molar-refractivity contribution in [2.75, 3.05) is 6.54 Å². The van der Waals surface area contributed by atoms with Gasteiger partial charge in [-0.05, 0) is 43.7 Å². The minimum atomic E-state index is -0.0495. The summed E-state index contributed by atoms with van der Waals surface area (Å²) in [7, 11) is 0. The summed E-state index contributed by atoms with van der Waals surface area (Å²) in [5.74, 6) is -0.0495. The molecule has 3 aromatic rings. The van der Waals surface area contributed by atoms with Crippen LogP contribution in [0.2, 0.25) is 0 Å². The summed E-state index contributed by atoms with van der Waals surface area (Å²) in [6.45, 7) is 4.82. The maximum atomic E-state index is 12.7. The highest BCUT2D eigenvalue weighted by molar-refractivity contribution is 6.07. The van der Waals surface area contributed by atoms with Crippen molar-refractivity contribution in [2.24, 2.45) is 0 Å². The number of aryl methyl sites for hydroxylation is 1. The number of amides is 1. The van der Waals surface area contributed by atoms with Crippen LogP contribution in [0.25, 0.3) is 22.2 Å². The van der Waals surface area contributed by atoms with Gasteiger partial charge in [-0.3, -0.25) is 9.78 Å². The fraction of sp³-hybridized carbons (Fsp3) is 0.250. The number of hydrogen-bond acceptors (Lipinski definition) is 3. The number of hydrogen-bond donors (Lipinski definition) is 1. The molecule has 1 N–H and O–H groups in total. The minimum Gasteiger partial charge on any atom is -0.352 e. The predicted molar refractivity (Wildman–Crippen MR) is 97.0 cm³/mol. The first kappa shape index (κ1) is 16.1. The first-order chi connectivity index (χ1) is 11.7. The van der Waals surface area contributed by atoms with E-state index in [1.165, 1.54) is 0 Å². The van der Waals surface area contributed by atoms with Gasteiger partial charge in [0, 0.05) is 29.9 Å². The van der Waals surface area contributed by atoms with E-state index in [-0.39, 0.29) is 5.91 Å². The third-order valence-corrected chi connectivity index (χ3v) is 3.98. The fourth-order valence-electron chi connectivity index (χ4n) is 2.66. The number of pyridine rings is 2. The topological polar surface area (TPSA) is 54.9 Å². The summed E-state index contributed by atoms with van der Waals surface area (Å²) in [5.41, 5.74) is 4.27. The molecule has 0 saturated carbocycles. The van der Waals surface area contributed by atoms with Crippen molar-refractivity contribution >= 4 is 16.8 Å². The molecule has 0 bridgehead atoms. The smallest absolute Gasteiger partial charge is 0.252 e. The molecule has 0 saturated heterocycles. The van der Waals surface area contributed by atoms with E-state index in [0.29, 0.717) is 12.1 Å². The molecule has 122 valence electrons. The summed E-state index contributed by atoms with van der Waals surface area (Å²) in [6, 6.07) is 11.7. The summed E-state index contributed by atoms with van der Waals surface area (Å²) < 4.78 is 0. The fourth-order valence-corrected chi connectivity index (χ4v) is 2.66. The summed E-state index contributed by atoms with van der Waals surface area (Å²) in [5, 5.41) is 3.89. The molecule has 0 radical (unpaired) electrons. The average molecular weight is 319 g/mol. The van der Waals surface area contributed by atoms with Gasteiger partial charge >= 0.3 is 0 Å². The van der Waals surface area contributed by atoms with Crippen molar-refractivity contribution < 1.29 is 4.79 Å². The van der Waals surface area contributed by atoms with Gasteiger partial charge in [-0.25, -0.2) is 4.98 Å². The van der Waals surface area contributed by atoms with E-state index in [0.717, 1.165) is 40.6 Å². The van der Waals surface area contributed by atoms with Crippen LogP contribution in [0.5, 0.6) is 0 Å². The SMILES string of the molecule is CCCCNC(=O)c1cc(-c2cccnc2)nc2ccc(C)cc12. The average Bonchev–Trinajstić information content (AvgIpc) is 2.61. The Kier molecular flexibility index (Phi) is 4.85. The number of fused-ring (bicyclic) bond motifs is 1. The van der Waals surface area contributed by atoms with Crippen LogP contribution in [-0.4, -0.2) is 22.4 Å². The van der Waals surface area contributed by atoms with Gasteiger partial charge in [-0.15, -0.1) is 0 Å².